The number of carbonyl (C=O) groups excluding carboxylic acids is 1. The number of anilines is 1. The van der Waals surface area contributed by atoms with Gasteiger partial charge in [0.2, 0.25) is 5.91 Å². The second kappa shape index (κ2) is 9.14. The number of benzene rings is 2. The van der Waals surface area contributed by atoms with E-state index in [1.54, 1.807) is 47.4 Å². The van der Waals surface area contributed by atoms with Gasteiger partial charge in [0.25, 0.3) is 0 Å². The SMILES string of the molecule is O=C(/C=C\c1ccc(OC(F)F)cc1)Nc1cnn(Cc2ccc(Cl)cc2)c1. The van der Waals surface area contributed by atoms with Crippen LogP contribution in [0.5, 0.6) is 5.75 Å². The van der Waals surface area contributed by atoms with Gasteiger partial charge in [0.1, 0.15) is 5.75 Å². The zero-order valence-corrected chi connectivity index (χ0v) is 15.3. The van der Waals surface area contributed by atoms with Crippen molar-refractivity contribution in [3.63, 3.8) is 0 Å². The molecule has 0 saturated carbocycles. The van der Waals surface area contributed by atoms with Crippen molar-refractivity contribution in [2.75, 3.05) is 5.32 Å². The number of aromatic nitrogens is 2. The highest BCUT2D eigenvalue weighted by atomic mass is 35.5. The van der Waals surface area contributed by atoms with E-state index in [4.69, 9.17) is 11.6 Å². The highest BCUT2D eigenvalue weighted by molar-refractivity contribution is 6.30. The minimum Gasteiger partial charge on any atom is -0.435 e. The van der Waals surface area contributed by atoms with Crippen LogP contribution in [0.15, 0.2) is 67.0 Å². The molecule has 3 aromatic rings. The van der Waals surface area contributed by atoms with E-state index in [2.05, 4.69) is 15.2 Å². The number of hydrogen-bond donors (Lipinski definition) is 1. The van der Waals surface area contributed by atoms with Crippen molar-refractivity contribution in [1.29, 1.82) is 0 Å². The van der Waals surface area contributed by atoms with E-state index in [-0.39, 0.29) is 11.7 Å². The molecule has 1 aromatic heterocycles. The Morgan fingerprint density at radius 3 is 2.57 bits per heavy atom. The second-order valence-electron chi connectivity index (χ2n) is 5.82. The van der Waals surface area contributed by atoms with Crippen LogP contribution in [0.1, 0.15) is 11.1 Å². The molecular formula is C20H16ClF2N3O2. The Morgan fingerprint density at radius 2 is 1.89 bits per heavy atom. The van der Waals surface area contributed by atoms with E-state index in [0.717, 1.165) is 5.56 Å². The standard InChI is InChI=1S/C20H16ClF2N3O2/c21-16-6-1-15(2-7-16)12-26-13-17(11-24-26)25-19(27)10-5-14-3-8-18(9-4-14)28-20(22)23/h1-11,13,20H,12H2,(H,25,27)/b10-5-. The third-order valence-corrected chi connectivity index (χ3v) is 3.94. The Morgan fingerprint density at radius 1 is 1.18 bits per heavy atom. The summed E-state index contributed by atoms with van der Waals surface area (Å²) in [6.07, 6.45) is 6.19. The molecule has 0 bridgehead atoms. The Labute approximate surface area is 165 Å². The normalized spacial score (nSPS) is 11.1. The molecule has 8 heteroatoms. The molecule has 0 fully saturated rings. The third-order valence-electron chi connectivity index (χ3n) is 3.69. The Bertz CT molecular complexity index is 954. The Kier molecular flexibility index (Phi) is 6.39. The number of nitrogens with one attached hydrogen (secondary N) is 1. The number of hydrogen-bond acceptors (Lipinski definition) is 3. The Hall–Kier alpha value is -3.19. The van der Waals surface area contributed by atoms with E-state index < -0.39 is 6.61 Å². The van der Waals surface area contributed by atoms with Gasteiger partial charge in [-0.25, -0.2) is 0 Å². The van der Waals surface area contributed by atoms with Crippen LogP contribution in [0.4, 0.5) is 14.5 Å². The highest BCUT2D eigenvalue weighted by Crippen LogP contribution is 2.16. The first-order valence-corrected chi connectivity index (χ1v) is 8.66. The van der Waals surface area contributed by atoms with Gasteiger partial charge in [-0.3, -0.25) is 9.48 Å². The summed E-state index contributed by atoms with van der Waals surface area (Å²) in [6, 6.07) is 13.4. The zero-order valence-electron chi connectivity index (χ0n) is 14.6. The van der Waals surface area contributed by atoms with Gasteiger partial charge in [-0.1, -0.05) is 35.9 Å². The number of nitrogens with zero attached hydrogens (tertiary/aromatic N) is 2. The maximum absolute atomic E-state index is 12.1. The minimum atomic E-state index is -2.87. The van der Waals surface area contributed by atoms with Gasteiger partial charge >= 0.3 is 6.61 Å². The van der Waals surface area contributed by atoms with Gasteiger partial charge in [-0.2, -0.15) is 13.9 Å². The van der Waals surface area contributed by atoms with Crippen LogP contribution in [0.2, 0.25) is 5.02 Å². The number of alkyl halides is 2. The Balaban J connectivity index is 1.54. The fraction of sp³-hybridized carbons (Fsp3) is 0.100. The number of amides is 1. The van der Waals surface area contributed by atoms with Crippen LogP contribution in [0.25, 0.3) is 6.08 Å². The minimum absolute atomic E-state index is 0.0599. The maximum Gasteiger partial charge on any atom is 0.387 e. The van der Waals surface area contributed by atoms with Crippen LogP contribution >= 0.6 is 11.6 Å². The lowest BCUT2D eigenvalue weighted by molar-refractivity contribution is -0.111. The summed E-state index contributed by atoms with van der Waals surface area (Å²) in [4.78, 5) is 12.0. The van der Waals surface area contributed by atoms with E-state index >= 15 is 0 Å². The number of halogens is 3. The van der Waals surface area contributed by atoms with E-state index in [9.17, 15) is 13.6 Å². The molecule has 2 aromatic carbocycles. The monoisotopic (exact) mass is 403 g/mol. The smallest absolute Gasteiger partial charge is 0.387 e. The molecule has 28 heavy (non-hydrogen) atoms. The summed E-state index contributed by atoms with van der Waals surface area (Å²) in [5.41, 5.74) is 2.27. The van der Waals surface area contributed by atoms with Crippen LogP contribution in [-0.4, -0.2) is 22.3 Å². The van der Waals surface area contributed by atoms with Gasteiger partial charge in [0.15, 0.2) is 0 Å². The molecule has 1 N–H and O–H groups in total. The summed E-state index contributed by atoms with van der Waals surface area (Å²) >= 11 is 5.86. The molecule has 144 valence electrons. The van der Waals surface area contributed by atoms with Gasteiger partial charge < -0.3 is 10.1 Å². The molecule has 3 rings (SSSR count). The quantitative estimate of drug-likeness (QED) is 0.574. The zero-order chi connectivity index (χ0) is 19.9. The number of rotatable bonds is 7. The molecule has 5 nitrogen and oxygen atoms in total. The summed E-state index contributed by atoms with van der Waals surface area (Å²) < 4.78 is 30.2. The van der Waals surface area contributed by atoms with Gasteiger partial charge in [-0.05, 0) is 41.5 Å². The molecule has 0 spiro atoms. The lowest BCUT2D eigenvalue weighted by Crippen LogP contribution is -2.07. The summed E-state index contributed by atoms with van der Waals surface area (Å²) in [5, 5.41) is 7.59. The first-order chi connectivity index (χ1) is 13.5. The average Bonchev–Trinajstić information content (AvgIpc) is 3.09. The van der Waals surface area contributed by atoms with Crippen LogP contribution < -0.4 is 10.1 Å². The largest absolute Gasteiger partial charge is 0.435 e. The fourth-order valence-corrected chi connectivity index (χ4v) is 2.53. The van der Waals surface area contributed by atoms with Crippen molar-refractivity contribution >= 4 is 29.3 Å². The van der Waals surface area contributed by atoms with Crippen molar-refractivity contribution in [3.8, 4) is 5.75 Å². The van der Waals surface area contributed by atoms with Crippen LogP contribution in [-0.2, 0) is 11.3 Å². The van der Waals surface area contributed by atoms with E-state index in [1.165, 1.54) is 18.2 Å². The lowest BCUT2D eigenvalue weighted by Gasteiger charge is -2.03. The molecule has 0 radical (unpaired) electrons. The molecule has 0 aliphatic heterocycles. The van der Waals surface area contributed by atoms with Gasteiger partial charge in [0.05, 0.1) is 18.4 Å². The average molecular weight is 404 g/mol. The molecular weight excluding hydrogens is 388 g/mol. The first kappa shape index (κ1) is 19.6. The summed E-state index contributed by atoms with van der Waals surface area (Å²) in [7, 11) is 0. The van der Waals surface area contributed by atoms with Crippen LogP contribution in [0, 0.1) is 0 Å². The van der Waals surface area contributed by atoms with Gasteiger partial charge in [-0.15, -0.1) is 0 Å². The topological polar surface area (TPSA) is 56.1 Å². The molecule has 1 amide bonds. The van der Waals surface area contributed by atoms with E-state index in [1.807, 2.05) is 12.1 Å². The van der Waals surface area contributed by atoms with Crippen molar-refractivity contribution in [2.45, 2.75) is 13.2 Å². The molecule has 0 unspecified atom stereocenters. The fourth-order valence-electron chi connectivity index (χ4n) is 2.41. The number of carbonyl (C=O) groups is 1. The predicted octanol–water partition coefficient (Wildman–Crippen LogP) is 4.84. The molecule has 0 aliphatic rings. The molecule has 0 atom stereocenters. The predicted molar refractivity (Wildman–Crippen MR) is 104 cm³/mol. The highest BCUT2D eigenvalue weighted by Gasteiger charge is 2.04. The lowest BCUT2D eigenvalue weighted by atomic mass is 10.2. The molecule has 0 saturated heterocycles. The summed E-state index contributed by atoms with van der Waals surface area (Å²) in [6.45, 7) is -2.32. The number of ether oxygens (including phenoxy) is 1. The van der Waals surface area contributed by atoms with Crippen molar-refractivity contribution in [2.24, 2.45) is 0 Å². The first-order valence-electron chi connectivity index (χ1n) is 8.29. The maximum atomic E-state index is 12.1. The molecule has 0 aliphatic carbocycles. The summed E-state index contributed by atoms with van der Waals surface area (Å²) in [5.74, 6) is -0.274. The van der Waals surface area contributed by atoms with E-state index in [0.29, 0.717) is 22.8 Å². The second-order valence-corrected chi connectivity index (χ2v) is 6.26. The third kappa shape index (κ3) is 5.92. The van der Waals surface area contributed by atoms with Crippen molar-refractivity contribution in [1.82, 2.24) is 9.78 Å². The van der Waals surface area contributed by atoms with Crippen LogP contribution in [0.3, 0.4) is 0 Å². The van der Waals surface area contributed by atoms with Gasteiger partial charge in [0, 0.05) is 17.3 Å². The van der Waals surface area contributed by atoms with Crippen molar-refractivity contribution < 1.29 is 18.3 Å². The molecule has 1 heterocycles. The van der Waals surface area contributed by atoms with Crippen molar-refractivity contribution in [3.05, 3.63) is 83.2 Å².